The second kappa shape index (κ2) is 46.0. The largest absolute Gasteiger partial charge is 0.472 e. The number of phosphoric acid groups is 1. The molecule has 2 atom stereocenters. The van der Waals surface area contributed by atoms with Crippen molar-refractivity contribution in [3.8, 4) is 0 Å². The lowest BCUT2D eigenvalue weighted by atomic mass is 10.0. The van der Waals surface area contributed by atoms with Gasteiger partial charge in [-0.05, 0) is 57.8 Å². The number of phosphoric ester groups is 1. The van der Waals surface area contributed by atoms with E-state index in [4.69, 9.17) is 24.3 Å². The van der Waals surface area contributed by atoms with Gasteiger partial charge in [-0.15, -0.1) is 0 Å². The Bertz CT molecular complexity index is 1020. The Morgan fingerprint density at radius 3 is 1.25 bits per heavy atom. The molecule has 0 spiro atoms. The Labute approximate surface area is 363 Å². The minimum Gasteiger partial charge on any atom is -0.462 e. The van der Waals surface area contributed by atoms with Crippen LogP contribution in [0.1, 0.15) is 245 Å². The molecule has 0 aromatic carbocycles. The monoisotopic (exact) mass is 856 g/mol. The standard InChI is InChI=1S/C49H94NO8P/c1-3-5-7-9-11-13-15-17-19-20-21-22-23-24-25-26-28-30-32-34-36-38-40-42-49(52)58-47(46-57-59(53,54)56-44-43-50)45-55-48(51)41-39-37-35-33-31-29-27-18-16-14-12-10-8-6-4-2/h31,33-34,36,47H,3-30,32,35,37-46,50H2,1-2H3,(H,53,54)/b33-31+,36-34+/t47-/m1/s1. The van der Waals surface area contributed by atoms with E-state index >= 15 is 0 Å². The summed E-state index contributed by atoms with van der Waals surface area (Å²) >= 11 is 0. The van der Waals surface area contributed by atoms with Crippen molar-refractivity contribution in [2.24, 2.45) is 5.73 Å². The molecule has 59 heavy (non-hydrogen) atoms. The molecule has 0 rings (SSSR count). The number of hydrogen-bond donors (Lipinski definition) is 2. The molecule has 0 aromatic heterocycles. The van der Waals surface area contributed by atoms with E-state index in [1.807, 2.05) is 0 Å². The van der Waals surface area contributed by atoms with Gasteiger partial charge in [0.1, 0.15) is 6.61 Å². The van der Waals surface area contributed by atoms with Crippen LogP contribution in [0.2, 0.25) is 0 Å². The van der Waals surface area contributed by atoms with Crippen LogP contribution < -0.4 is 5.73 Å². The number of carbonyl (C=O) groups excluding carboxylic acids is 2. The van der Waals surface area contributed by atoms with Crippen molar-refractivity contribution in [2.45, 2.75) is 251 Å². The Hall–Kier alpha value is -1.51. The summed E-state index contributed by atoms with van der Waals surface area (Å²) in [5.74, 6) is -0.882. The zero-order valence-corrected chi connectivity index (χ0v) is 39.4. The lowest BCUT2D eigenvalue weighted by molar-refractivity contribution is -0.161. The first kappa shape index (κ1) is 57.5. The topological polar surface area (TPSA) is 134 Å². The number of allylic oxidation sites excluding steroid dienone is 4. The second-order valence-corrected chi connectivity index (χ2v) is 18.1. The van der Waals surface area contributed by atoms with Crippen LogP contribution in [-0.2, 0) is 32.7 Å². The first-order chi connectivity index (χ1) is 28.8. The van der Waals surface area contributed by atoms with E-state index in [-0.39, 0.29) is 32.6 Å². The normalized spacial score (nSPS) is 13.4. The first-order valence-electron chi connectivity index (χ1n) is 24.8. The molecule has 0 fully saturated rings. The molecule has 348 valence electrons. The molecule has 9 nitrogen and oxygen atoms in total. The van der Waals surface area contributed by atoms with Crippen LogP contribution in [-0.4, -0.2) is 49.3 Å². The molecule has 3 N–H and O–H groups in total. The minimum atomic E-state index is -4.39. The summed E-state index contributed by atoms with van der Waals surface area (Å²) in [6.45, 7) is 3.72. The second-order valence-electron chi connectivity index (χ2n) is 16.7. The van der Waals surface area contributed by atoms with Gasteiger partial charge in [0.25, 0.3) is 0 Å². The molecular formula is C49H94NO8P. The molecule has 0 aliphatic heterocycles. The number of nitrogens with two attached hydrogens (primary N) is 1. The Morgan fingerprint density at radius 2 is 0.847 bits per heavy atom. The van der Waals surface area contributed by atoms with Gasteiger partial charge in [-0.2, -0.15) is 0 Å². The Balaban J connectivity index is 4.07. The molecule has 0 bridgehead atoms. The maximum atomic E-state index is 12.6. The summed E-state index contributed by atoms with van der Waals surface area (Å²) < 4.78 is 32.8. The van der Waals surface area contributed by atoms with Crippen LogP contribution in [0, 0.1) is 0 Å². The lowest BCUT2D eigenvalue weighted by Gasteiger charge is -2.19. The fraction of sp³-hybridized carbons (Fsp3) is 0.878. The van der Waals surface area contributed by atoms with Crippen LogP contribution in [0.15, 0.2) is 24.3 Å². The third kappa shape index (κ3) is 45.8. The zero-order chi connectivity index (χ0) is 43.2. The lowest BCUT2D eigenvalue weighted by Crippen LogP contribution is -2.29. The molecular weight excluding hydrogens is 762 g/mol. The highest BCUT2D eigenvalue weighted by Crippen LogP contribution is 2.43. The van der Waals surface area contributed by atoms with E-state index < -0.39 is 32.5 Å². The predicted octanol–water partition coefficient (Wildman–Crippen LogP) is 14.7. The number of hydrogen-bond acceptors (Lipinski definition) is 8. The molecule has 0 aliphatic carbocycles. The predicted molar refractivity (Wildman–Crippen MR) is 247 cm³/mol. The maximum absolute atomic E-state index is 12.6. The molecule has 0 radical (unpaired) electrons. The molecule has 0 saturated carbocycles. The van der Waals surface area contributed by atoms with Gasteiger partial charge in [0.2, 0.25) is 0 Å². The van der Waals surface area contributed by atoms with Gasteiger partial charge in [0.05, 0.1) is 13.2 Å². The van der Waals surface area contributed by atoms with Crippen LogP contribution in [0.25, 0.3) is 0 Å². The van der Waals surface area contributed by atoms with Crippen molar-refractivity contribution in [3.05, 3.63) is 24.3 Å². The maximum Gasteiger partial charge on any atom is 0.472 e. The Kier molecular flexibility index (Phi) is 44.8. The van der Waals surface area contributed by atoms with Gasteiger partial charge < -0.3 is 20.1 Å². The van der Waals surface area contributed by atoms with E-state index in [9.17, 15) is 19.0 Å². The van der Waals surface area contributed by atoms with E-state index in [2.05, 4.69) is 38.2 Å². The molecule has 0 amide bonds. The van der Waals surface area contributed by atoms with Crippen molar-refractivity contribution in [1.82, 2.24) is 0 Å². The molecule has 0 saturated heterocycles. The van der Waals surface area contributed by atoms with Crippen LogP contribution >= 0.6 is 7.82 Å². The summed E-state index contributed by atoms with van der Waals surface area (Å²) in [5.41, 5.74) is 5.36. The SMILES string of the molecule is CCCCCCCCCCC/C=C/CCCCC(=O)OC[C@H](COP(=O)(O)OCCN)OC(=O)CCC/C=C/CCCCCCCCCCCCCCCCCCCC. The third-order valence-corrected chi connectivity index (χ3v) is 11.8. The molecule has 0 aromatic rings. The van der Waals surface area contributed by atoms with Gasteiger partial charge in [-0.3, -0.25) is 18.6 Å². The van der Waals surface area contributed by atoms with Crippen molar-refractivity contribution in [1.29, 1.82) is 0 Å². The third-order valence-electron chi connectivity index (χ3n) is 10.8. The van der Waals surface area contributed by atoms with Crippen LogP contribution in [0.5, 0.6) is 0 Å². The smallest absolute Gasteiger partial charge is 0.462 e. The summed E-state index contributed by atoms with van der Waals surface area (Å²) in [6, 6.07) is 0. The first-order valence-corrected chi connectivity index (χ1v) is 26.3. The number of carbonyl (C=O) groups is 2. The van der Waals surface area contributed by atoms with Gasteiger partial charge in [-0.1, -0.05) is 199 Å². The average molecular weight is 856 g/mol. The zero-order valence-electron chi connectivity index (χ0n) is 38.5. The highest BCUT2D eigenvalue weighted by Gasteiger charge is 2.26. The van der Waals surface area contributed by atoms with E-state index in [1.165, 1.54) is 173 Å². The van der Waals surface area contributed by atoms with E-state index in [0.717, 1.165) is 32.1 Å². The number of rotatable bonds is 47. The van der Waals surface area contributed by atoms with Crippen LogP contribution in [0.4, 0.5) is 0 Å². The van der Waals surface area contributed by atoms with Gasteiger partial charge in [0, 0.05) is 19.4 Å². The van der Waals surface area contributed by atoms with Crippen LogP contribution in [0.3, 0.4) is 0 Å². The molecule has 10 heteroatoms. The number of esters is 2. The number of unbranched alkanes of at least 4 members (excludes halogenated alkanes) is 30. The summed E-state index contributed by atoms with van der Waals surface area (Å²) in [5, 5.41) is 0. The van der Waals surface area contributed by atoms with Gasteiger partial charge >= 0.3 is 19.8 Å². The van der Waals surface area contributed by atoms with Gasteiger partial charge in [-0.25, -0.2) is 4.57 Å². The highest BCUT2D eigenvalue weighted by molar-refractivity contribution is 7.47. The quantitative estimate of drug-likeness (QED) is 0.0265. The molecule has 0 aliphatic rings. The van der Waals surface area contributed by atoms with Crippen molar-refractivity contribution < 1.29 is 37.6 Å². The van der Waals surface area contributed by atoms with Gasteiger partial charge in [0.15, 0.2) is 6.10 Å². The summed E-state index contributed by atoms with van der Waals surface area (Å²) in [4.78, 5) is 34.9. The van der Waals surface area contributed by atoms with E-state index in [0.29, 0.717) is 12.8 Å². The van der Waals surface area contributed by atoms with E-state index in [1.54, 1.807) is 0 Å². The van der Waals surface area contributed by atoms with Crippen molar-refractivity contribution in [3.63, 3.8) is 0 Å². The van der Waals surface area contributed by atoms with Crippen molar-refractivity contribution >= 4 is 19.8 Å². The Morgan fingerprint density at radius 1 is 0.492 bits per heavy atom. The van der Waals surface area contributed by atoms with Crippen molar-refractivity contribution in [2.75, 3.05) is 26.4 Å². The summed E-state index contributed by atoms with van der Waals surface area (Å²) in [6.07, 6.45) is 50.9. The fourth-order valence-corrected chi connectivity index (χ4v) is 7.87. The number of ether oxygens (including phenoxy) is 2. The average Bonchev–Trinajstić information content (AvgIpc) is 3.22. The fourth-order valence-electron chi connectivity index (χ4n) is 7.11. The molecule has 0 heterocycles. The summed E-state index contributed by atoms with van der Waals surface area (Å²) in [7, 11) is -4.39. The minimum absolute atomic E-state index is 0.0487. The highest BCUT2D eigenvalue weighted by atomic mass is 31.2. The molecule has 1 unspecified atom stereocenters.